The van der Waals surface area contributed by atoms with Crippen molar-refractivity contribution in [1.82, 2.24) is 0 Å². The second-order valence-electron chi connectivity index (χ2n) is 3.96. The third-order valence-corrected chi connectivity index (χ3v) is 2.80. The summed E-state index contributed by atoms with van der Waals surface area (Å²) < 4.78 is 51.9. The summed E-state index contributed by atoms with van der Waals surface area (Å²) in [5, 5.41) is 0. The molecule has 1 aromatic rings. The van der Waals surface area contributed by atoms with Crippen molar-refractivity contribution in [1.29, 1.82) is 0 Å². The van der Waals surface area contributed by atoms with Crippen molar-refractivity contribution in [3.8, 4) is 0 Å². The molecule has 1 aliphatic rings. The fraction of sp³-hybridized carbons (Fsp3) is 0.455. The van der Waals surface area contributed by atoms with Crippen LogP contribution < -0.4 is 0 Å². The molecule has 0 aromatic heterocycles. The molecule has 82 valence electrons. The maximum atomic E-state index is 13.3. The second kappa shape index (κ2) is 3.51. The first kappa shape index (κ1) is 10.5. The van der Waals surface area contributed by atoms with Gasteiger partial charge in [0.05, 0.1) is 0 Å². The first-order valence-corrected chi connectivity index (χ1v) is 4.81. The van der Waals surface area contributed by atoms with Crippen LogP contribution in [0.1, 0.15) is 30.7 Å². The quantitative estimate of drug-likeness (QED) is 0.628. The molecule has 0 N–H and O–H groups in total. The Labute approximate surface area is 84.9 Å². The molecule has 1 aromatic carbocycles. The van der Waals surface area contributed by atoms with Crippen LogP contribution in [-0.2, 0) is 0 Å². The van der Waals surface area contributed by atoms with Gasteiger partial charge in [-0.2, -0.15) is 0 Å². The Morgan fingerprint density at radius 3 is 2.53 bits per heavy atom. The molecule has 1 aliphatic carbocycles. The van der Waals surface area contributed by atoms with Crippen LogP contribution in [0.25, 0.3) is 0 Å². The van der Waals surface area contributed by atoms with Crippen molar-refractivity contribution >= 4 is 0 Å². The fourth-order valence-electron chi connectivity index (χ4n) is 2.04. The van der Waals surface area contributed by atoms with E-state index in [1.807, 2.05) is 0 Å². The standard InChI is InChI=1S/C11H10F4/c12-8-1-2-10(13)9(5-8)7-3-4-11(14,15)6-7/h1-2,5,7H,3-4,6H2. The van der Waals surface area contributed by atoms with Crippen LogP contribution in [0.3, 0.4) is 0 Å². The van der Waals surface area contributed by atoms with Crippen LogP contribution in [0.15, 0.2) is 18.2 Å². The first-order valence-electron chi connectivity index (χ1n) is 4.81. The van der Waals surface area contributed by atoms with Gasteiger partial charge in [0.2, 0.25) is 5.92 Å². The van der Waals surface area contributed by atoms with Gasteiger partial charge >= 0.3 is 0 Å². The minimum atomic E-state index is -2.73. The van der Waals surface area contributed by atoms with Crippen LogP contribution in [0.2, 0.25) is 0 Å². The van der Waals surface area contributed by atoms with Gasteiger partial charge in [-0.3, -0.25) is 0 Å². The number of rotatable bonds is 1. The van der Waals surface area contributed by atoms with Gasteiger partial charge < -0.3 is 0 Å². The van der Waals surface area contributed by atoms with Crippen molar-refractivity contribution in [2.24, 2.45) is 0 Å². The third-order valence-electron chi connectivity index (χ3n) is 2.80. The number of benzene rings is 1. The maximum absolute atomic E-state index is 13.3. The van der Waals surface area contributed by atoms with E-state index in [0.29, 0.717) is 0 Å². The van der Waals surface area contributed by atoms with Gasteiger partial charge in [-0.25, -0.2) is 17.6 Å². The summed E-state index contributed by atoms with van der Waals surface area (Å²) in [6.07, 6.45) is -0.408. The molecule has 0 aliphatic heterocycles. The van der Waals surface area contributed by atoms with Gasteiger partial charge in [0.1, 0.15) is 11.6 Å². The molecule has 1 saturated carbocycles. The Hall–Kier alpha value is -1.06. The van der Waals surface area contributed by atoms with E-state index in [1.165, 1.54) is 0 Å². The lowest BCUT2D eigenvalue weighted by Gasteiger charge is -2.11. The van der Waals surface area contributed by atoms with Crippen LogP contribution in [-0.4, -0.2) is 5.92 Å². The van der Waals surface area contributed by atoms with Crippen molar-refractivity contribution in [3.05, 3.63) is 35.4 Å². The van der Waals surface area contributed by atoms with Crippen LogP contribution in [0.4, 0.5) is 17.6 Å². The van der Waals surface area contributed by atoms with E-state index in [2.05, 4.69) is 0 Å². The predicted molar refractivity (Wildman–Crippen MR) is 47.9 cm³/mol. The van der Waals surface area contributed by atoms with Gasteiger partial charge in [0.15, 0.2) is 0 Å². The summed E-state index contributed by atoms with van der Waals surface area (Å²) in [5.41, 5.74) is 0.0761. The third kappa shape index (κ3) is 2.13. The van der Waals surface area contributed by atoms with Crippen LogP contribution in [0.5, 0.6) is 0 Å². The average molecular weight is 218 g/mol. The van der Waals surface area contributed by atoms with E-state index in [-0.39, 0.29) is 24.8 Å². The van der Waals surface area contributed by atoms with Gasteiger partial charge in [-0.15, -0.1) is 0 Å². The van der Waals surface area contributed by atoms with E-state index in [1.54, 1.807) is 0 Å². The molecule has 4 heteroatoms. The summed E-state index contributed by atoms with van der Waals surface area (Å²) in [6, 6.07) is 2.99. The highest BCUT2D eigenvalue weighted by molar-refractivity contribution is 5.24. The lowest BCUT2D eigenvalue weighted by Crippen LogP contribution is -2.09. The largest absolute Gasteiger partial charge is 0.248 e. The zero-order valence-corrected chi connectivity index (χ0v) is 7.94. The Morgan fingerprint density at radius 1 is 1.20 bits per heavy atom. The molecule has 0 heterocycles. The molecule has 0 nitrogen and oxygen atoms in total. The molecule has 1 unspecified atom stereocenters. The number of alkyl halides is 2. The van der Waals surface area contributed by atoms with Crippen molar-refractivity contribution in [2.75, 3.05) is 0 Å². The predicted octanol–water partition coefficient (Wildman–Crippen LogP) is 3.87. The van der Waals surface area contributed by atoms with E-state index < -0.39 is 23.5 Å². The lowest BCUT2D eigenvalue weighted by molar-refractivity contribution is 0.00769. The molecule has 0 radical (unpaired) electrons. The zero-order valence-electron chi connectivity index (χ0n) is 7.94. The SMILES string of the molecule is Fc1ccc(F)c(C2CCC(F)(F)C2)c1. The van der Waals surface area contributed by atoms with Crippen molar-refractivity contribution in [3.63, 3.8) is 0 Å². The lowest BCUT2D eigenvalue weighted by atomic mass is 9.97. The molecule has 0 bridgehead atoms. The van der Waals surface area contributed by atoms with Crippen LogP contribution in [0, 0.1) is 11.6 Å². The molecule has 2 rings (SSSR count). The molecule has 0 amide bonds. The summed E-state index contributed by atoms with van der Waals surface area (Å²) in [7, 11) is 0. The van der Waals surface area contributed by atoms with E-state index in [4.69, 9.17) is 0 Å². The second-order valence-corrected chi connectivity index (χ2v) is 3.96. The van der Waals surface area contributed by atoms with Gasteiger partial charge in [0.25, 0.3) is 0 Å². The van der Waals surface area contributed by atoms with Crippen molar-refractivity contribution in [2.45, 2.75) is 31.1 Å². The highest BCUT2D eigenvalue weighted by Crippen LogP contribution is 2.44. The molecule has 1 fully saturated rings. The first-order chi connectivity index (χ1) is 6.98. The van der Waals surface area contributed by atoms with Gasteiger partial charge in [-0.05, 0) is 36.1 Å². The normalized spacial score (nSPS) is 24.4. The van der Waals surface area contributed by atoms with Gasteiger partial charge in [0, 0.05) is 12.8 Å². The highest BCUT2D eigenvalue weighted by atomic mass is 19.3. The molecular weight excluding hydrogens is 208 g/mol. The Kier molecular flexibility index (Phi) is 2.44. The number of hydrogen-bond donors (Lipinski definition) is 0. The van der Waals surface area contributed by atoms with E-state index in [9.17, 15) is 17.6 Å². The average Bonchev–Trinajstić information content (AvgIpc) is 2.50. The number of halogens is 4. The molecular formula is C11H10F4. The van der Waals surface area contributed by atoms with E-state index in [0.717, 1.165) is 18.2 Å². The molecule has 1 atom stereocenters. The molecule has 0 spiro atoms. The topological polar surface area (TPSA) is 0 Å². The van der Waals surface area contributed by atoms with Crippen molar-refractivity contribution < 1.29 is 17.6 Å². The summed E-state index contributed by atoms with van der Waals surface area (Å²) in [5.74, 6) is -4.47. The maximum Gasteiger partial charge on any atom is 0.248 e. The van der Waals surface area contributed by atoms with E-state index >= 15 is 0 Å². The monoisotopic (exact) mass is 218 g/mol. The smallest absolute Gasteiger partial charge is 0.207 e. The zero-order chi connectivity index (χ0) is 11.1. The number of hydrogen-bond acceptors (Lipinski definition) is 0. The Balaban J connectivity index is 2.27. The fourth-order valence-corrected chi connectivity index (χ4v) is 2.04. The summed E-state index contributed by atoms with van der Waals surface area (Å²) >= 11 is 0. The summed E-state index contributed by atoms with van der Waals surface area (Å²) in [4.78, 5) is 0. The minimum absolute atomic E-state index is 0.0761. The summed E-state index contributed by atoms with van der Waals surface area (Å²) in [6.45, 7) is 0. The minimum Gasteiger partial charge on any atom is -0.207 e. The Bertz CT molecular complexity index is 373. The van der Waals surface area contributed by atoms with Crippen LogP contribution >= 0.6 is 0 Å². The molecule has 15 heavy (non-hydrogen) atoms. The van der Waals surface area contributed by atoms with Gasteiger partial charge in [-0.1, -0.05) is 0 Å². The molecule has 0 saturated heterocycles. The highest BCUT2D eigenvalue weighted by Gasteiger charge is 2.40. The Morgan fingerprint density at radius 2 is 1.93 bits per heavy atom.